The van der Waals surface area contributed by atoms with E-state index >= 15 is 0 Å². The summed E-state index contributed by atoms with van der Waals surface area (Å²) < 4.78 is 12.9. The van der Waals surface area contributed by atoms with Gasteiger partial charge in [0.15, 0.2) is 0 Å². The molecule has 1 aromatic rings. The van der Waals surface area contributed by atoms with Crippen LogP contribution in [0.15, 0.2) is 18.2 Å². The Bertz CT molecular complexity index is 356. The molecule has 2 rings (SSSR count). The molecule has 1 aromatic carbocycles. The van der Waals surface area contributed by atoms with Crippen LogP contribution in [0, 0.1) is 18.7 Å². The van der Waals surface area contributed by atoms with Gasteiger partial charge in [0.05, 0.1) is 6.10 Å². The van der Waals surface area contributed by atoms with Gasteiger partial charge in [0.1, 0.15) is 5.82 Å². The Kier molecular flexibility index (Phi) is 3.59. The van der Waals surface area contributed by atoms with Gasteiger partial charge in [-0.05, 0) is 55.4 Å². The Balaban J connectivity index is 2.02. The molecule has 1 atom stereocenters. The van der Waals surface area contributed by atoms with Gasteiger partial charge in [-0.15, -0.1) is 0 Å². The van der Waals surface area contributed by atoms with Gasteiger partial charge >= 0.3 is 0 Å². The highest BCUT2D eigenvalue weighted by molar-refractivity contribution is 5.27. The van der Waals surface area contributed by atoms with Crippen molar-refractivity contribution in [3.05, 3.63) is 35.1 Å². The zero-order valence-electron chi connectivity index (χ0n) is 9.75. The molecule has 0 radical (unpaired) electrons. The lowest BCUT2D eigenvalue weighted by molar-refractivity contribution is 0.111. The molecule has 88 valence electrons. The van der Waals surface area contributed by atoms with Gasteiger partial charge in [0.2, 0.25) is 0 Å². The molecular weight excluding hydrogens is 203 g/mol. The van der Waals surface area contributed by atoms with E-state index in [4.69, 9.17) is 0 Å². The fourth-order valence-corrected chi connectivity index (χ4v) is 2.62. The lowest BCUT2D eigenvalue weighted by Gasteiger charge is -2.18. The van der Waals surface area contributed by atoms with Gasteiger partial charge in [-0.25, -0.2) is 4.39 Å². The van der Waals surface area contributed by atoms with Crippen LogP contribution in [-0.4, -0.2) is 11.2 Å². The molecule has 0 heterocycles. The van der Waals surface area contributed by atoms with E-state index in [2.05, 4.69) is 0 Å². The first kappa shape index (κ1) is 11.6. The minimum absolute atomic E-state index is 0.198. The third-order valence-corrected chi connectivity index (χ3v) is 3.68. The Morgan fingerprint density at radius 3 is 2.69 bits per heavy atom. The summed E-state index contributed by atoms with van der Waals surface area (Å²) in [6.07, 6.45) is 5.17. The maximum Gasteiger partial charge on any atom is 0.123 e. The first-order valence-corrected chi connectivity index (χ1v) is 6.10. The standard InChI is InChI=1S/C14H19FO/c1-10-8-13(15)7-6-12(10)9-14(16)11-4-2-3-5-11/h6-8,11,14,16H,2-5,9H2,1H3. The molecule has 1 saturated carbocycles. The number of benzene rings is 1. The summed E-state index contributed by atoms with van der Waals surface area (Å²) in [5, 5.41) is 10.1. The first-order valence-electron chi connectivity index (χ1n) is 6.10. The average molecular weight is 222 g/mol. The maximum absolute atomic E-state index is 12.9. The molecule has 1 aliphatic carbocycles. The Morgan fingerprint density at radius 2 is 2.06 bits per heavy atom. The van der Waals surface area contributed by atoms with Gasteiger partial charge in [0, 0.05) is 0 Å². The smallest absolute Gasteiger partial charge is 0.123 e. The van der Waals surface area contributed by atoms with E-state index in [0.717, 1.165) is 24.0 Å². The number of halogens is 1. The lowest BCUT2D eigenvalue weighted by atomic mass is 9.93. The molecule has 0 saturated heterocycles. The second kappa shape index (κ2) is 4.96. The maximum atomic E-state index is 12.9. The van der Waals surface area contributed by atoms with Gasteiger partial charge in [-0.3, -0.25) is 0 Å². The zero-order chi connectivity index (χ0) is 11.5. The summed E-state index contributed by atoms with van der Waals surface area (Å²) in [4.78, 5) is 0. The Morgan fingerprint density at radius 1 is 1.38 bits per heavy atom. The van der Waals surface area contributed by atoms with Crippen LogP contribution in [0.3, 0.4) is 0 Å². The summed E-state index contributed by atoms with van der Waals surface area (Å²) >= 11 is 0. The second-order valence-electron chi connectivity index (χ2n) is 4.89. The number of aryl methyl sites for hydroxylation is 1. The van der Waals surface area contributed by atoms with Crippen LogP contribution in [0.25, 0.3) is 0 Å². The summed E-state index contributed by atoms with van der Waals surface area (Å²) in [5.74, 6) is 0.251. The van der Waals surface area contributed by atoms with Crippen molar-refractivity contribution < 1.29 is 9.50 Å². The second-order valence-corrected chi connectivity index (χ2v) is 4.89. The van der Waals surface area contributed by atoms with E-state index in [0.29, 0.717) is 12.3 Å². The minimum Gasteiger partial charge on any atom is -0.392 e. The molecule has 1 fully saturated rings. The molecule has 1 nitrogen and oxygen atoms in total. The SMILES string of the molecule is Cc1cc(F)ccc1CC(O)C1CCCC1. The summed E-state index contributed by atoms with van der Waals surface area (Å²) in [6.45, 7) is 1.90. The van der Waals surface area contributed by atoms with Gasteiger partial charge < -0.3 is 5.11 Å². The summed E-state index contributed by atoms with van der Waals surface area (Å²) in [6, 6.07) is 4.81. The van der Waals surface area contributed by atoms with Crippen molar-refractivity contribution in [3.8, 4) is 0 Å². The summed E-state index contributed by atoms with van der Waals surface area (Å²) in [7, 11) is 0. The topological polar surface area (TPSA) is 20.2 Å². The molecular formula is C14H19FO. The van der Waals surface area contributed by atoms with Crippen LogP contribution in [0.4, 0.5) is 4.39 Å². The average Bonchev–Trinajstić information content (AvgIpc) is 2.75. The van der Waals surface area contributed by atoms with Gasteiger partial charge in [-0.1, -0.05) is 18.9 Å². The van der Waals surface area contributed by atoms with Crippen LogP contribution < -0.4 is 0 Å². The first-order chi connectivity index (χ1) is 7.66. The summed E-state index contributed by atoms with van der Waals surface area (Å²) in [5.41, 5.74) is 2.01. The van der Waals surface area contributed by atoms with Crippen molar-refractivity contribution in [1.82, 2.24) is 0 Å². The van der Waals surface area contributed by atoms with Crippen molar-refractivity contribution in [3.63, 3.8) is 0 Å². The molecule has 16 heavy (non-hydrogen) atoms. The number of hydrogen-bond donors (Lipinski definition) is 1. The zero-order valence-corrected chi connectivity index (χ0v) is 9.75. The van der Waals surface area contributed by atoms with Crippen LogP contribution in [0.1, 0.15) is 36.8 Å². The molecule has 0 aromatic heterocycles. The molecule has 1 unspecified atom stereocenters. The van der Waals surface area contributed by atoms with E-state index < -0.39 is 0 Å². The predicted molar refractivity (Wildman–Crippen MR) is 62.8 cm³/mol. The number of aliphatic hydroxyl groups excluding tert-OH is 1. The monoisotopic (exact) mass is 222 g/mol. The highest BCUT2D eigenvalue weighted by atomic mass is 19.1. The van der Waals surface area contributed by atoms with E-state index in [9.17, 15) is 9.50 Å². The fraction of sp³-hybridized carbons (Fsp3) is 0.571. The molecule has 0 spiro atoms. The van der Waals surface area contributed by atoms with Crippen LogP contribution in [-0.2, 0) is 6.42 Å². The van der Waals surface area contributed by atoms with Crippen molar-refractivity contribution in [2.45, 2.75) is 45.1 Å². The van der Waals surface area contributed by atoms with Crippen molar-refractivity contribution >= 4 is 0 Å². The lowest BCUT2D eigenvalue weighted by Crippen LogP contribution is -2.20. The van der Waals surface area contributed by atoms with Crippen molar-refractivity contribution in [2.24, 2.45) is 5.92 Å². The predicted octanol–water partition coefficient (Wildman–Crippen LogP) is 3.23. The van der Waals surface area contributed by atoms with Crippen molar-refractivity contribution in [1.29, 1.82) is 0 Å². The van der Waals surface area contributed by atoms with Crippen LogP contribution in [0.5, 0.6) is 0 Å². The molecule has 1 N–H and O–H groups in total. The molecule has 1 aliphatic rings. The third kappa shape index (κ3) is 2.62. The van der Waals surface area contributed by atoms with Gasteiger partial charge in [-0.2, -0.15) is 0 Å². The molecule has 2 heteroatoms. The minimum atomic E-state index is -0.258. The molecule has 0 bridgehead atoms. The third-order valence-electron chi connectivity index (χ3n) is 3.68. The Hall–Kier alpha value is -0.890. The van der Waals surface area contributed by atoms with Gasteiger partial charge in [0.25, 0.3) is 0 Å². The van der Waals surface area contributed by atoms with E-state index in [1.165, 1.54) is 25.0 Å². The quantitative estimate of drug-likeness (QED) is 0.832. The number of aliphatic hydroxyl groups is 1. The number of hydrogen-bond acceptors (Lipinski definition) is 1. The van der Waals surface area contributed by atoms with E-state index in [1.54, 1.807) is 6.07 Å². The fourth-order valence-electron chi connectivity index (χ4n) is 2.62. The highest BCUT2D eigenvalue weighted by Crippen LogP contribution is 2.29. The molecule has 0 amide bonds. The normalized spacial score (nSPS) is 18.9. The largest absolute Gasteiger partial charge is 0.392 e. The Labute approximate surface area is 96.3 Å². The van der Waals surface area contributed by atoms with E-state index in [1.807, 2.05) is 6.92 Å². The highest BCUT2D eigenvalue weighted by Gasteiger charge is 2.23. The van der Waals surface area contributed by atoms with Crippen LogP contribution in [0.2, 0.25) is 0 Å². The van der Waals surface area contributed by atoms with E-state index in [-0.39, 0.29) is 11.9 Å². The van der Waals surface area contributed by atoms with Crippen molar-refractivity contribution in [2.75, 3.05) is 0 Å². The molecule has 0 aliphatic heterocycles. The van der Waals surface area contributed by atoms with Crippen LogP contribution >= 0.6 is 0 Å². The number of rotatable bonds is 3.